The number of aromatic nitrogens is 3. The maximum atomic E-state index is 14.3. The molecule has 2 heterocycles. The zero-order valence-corrected chi connectivity index (χ0v) is 87.1. The van der Waals surface area contributed by atoms with Gasteiger partial charge >= 0.3 is 0 Å². The molecule has 52 nitrogen and oxygen atoms in total. The van der Waals surface area contributed by atoms with Crippen molar-refractivity contribution in [2.24, 2.45) is 108 Å². The van der Waals surface area contributed by atoms with Gasteiger partial charge in [-0.2, -0.15) is 0 Å². The van der Waals surface area contributed by atoms with Crippen molar-refractivity contribution in [1.82, 2.24) is 89.4 Å². The quantitative estimate of drug-likeness (QED) is 0.00982. The van der Waals surface area contributed by atoms with Crippen molar-refractivity contribution >= 4 is 129 Å². The molecule has 0 radical (unpaired) electrons. The summed E-state index contributed by atoms with van der Waals surface area (Å²) in [5, 5.41) is 67.8. The van der Waals surface area contributed by atoms with Gasteiger partial charge in [0.2, 0.25) is 94.5 Å². The molecule has 0 aliphatic heterocycles. The number of hydrogen-bond donors (Lipinski definition) is 30. The van der Waals surface area contributed by atoms with Gasteiger partial charge in [0.15, 0.2) is 24.5 Å². The highest BCUT2D eigenvalue weighted by Crippen LogP contribution is 2.26. The second-order valence-electron chi connectivity index (χ2n) is 37.9. The Morgan fingerprint density at radius 3 is 1.36 bits per heavy atom. The predicted molar refractivity (Wildman–Crippen MR) is 560 cm³/mol. The first-order valence-corrected chi connectivity index (χ1v) is 49.9. The number of aliphatic hydroxyl groups is 1. The van der Waals surface area contributed by atoms with Crippen LogP contribution in [0, 0.1) is 29.6 Å². The van der Waals surface area contributed by atoms with Gasteiger partial charge < -0.3 is 168 Å². The van der Waals surface area contributed by atoms with E-state index in [0.717, 1.165) is 29.8 Å². The number of hydrogen-bond acceptors (Lipinski definition) is 27. The number of aromatic amines is 2. The zero-order valence-electron chi connectivity index (χ0n) is 87.1. The number of likely N-dealkylation sites (N-methyl/N-ethyl adjacent to an activating group) is 1. The number of H-pyrrole nitrogens is 2. The smallest absolute Gasteiger partial charge is 0.258 e. The number of guanidine groups is 3. The Balaban J connectivity index is 0.000000634. The number of aliphatic imine (C=N–C) groups is 3. The zero-order chi connectivity index (χ0) is 112. The van der Waals surface area contributed by atoms with Crippen molar-refractivity contribution in [3.05, 3.63) is 108 Å². The minimum absolute atomic E-state index is 0.000556. The molecule has 0 saturated heterocycles. The van der Waals surface area contributed by atoms with Gasteiger partial charge in [0.1, 0.15) is 89.8 Å². The lowest BCUT2D eigenvalue weighted by Gasteiger charge is -2.30. The second kappa shape index (κ2) is 66.0. The number of aliphatic hydroxyl groups excluding tert-OH is 1. The van der Waals surface area contributed by atoms with Crippen LogP contribution >= 0.6 is 0 Å². The Bertz CT molecular complexity index is 5320. The van der Waals surface area contributed by atoms with Crippen molar-refractivity contribution in [2.45, 2.75) is 276 Å². The van der Waals surface area contributed by atoms with Crippen LogP contribution in [0.3, 0.4) is 0 Å². The van der Waals surface area contributed by atoms with Crippen LogP contribution in [0.1, 0.15) is 188 Å². The fraction of sp³-hybridized carbons (Fsp3) is 0.561. The van der Waals surface area contributed by atoms with Gasteiger partial charge in [-0.25, -0.2) is 4.98 Å². The lowest BCUT2D eigenvalue weighted by atomic mass is 9.97. The number of aromatic hydroxyl groups is 2. The molecule has 0 aliphatic carbocycles. The summed E-state index contributed by atoms with van der Waals surface area (Å²) in [6.45, 7) is 17.5. The Morgan fingerprint density at radius 1 is 0.447 bits per heavy atom. The number of amides is 17. The van der Waals surface area contributed by atoms with Gasteiger partial charge in [0.05, 0.1) is 24.9 Å². The summed E-state index contributed by atoms with van der Waals surface area (Å²) in [6.07, 6.45) is 5.07. The second-order valence-corrected chi connectivity index (χ2v) is 37.9. The SMILES string of the molecule is CC(C)C[C@H](NC(=O)[C@H](CC(N)=O)NC(=O)[C@@H](C)CC(C)C)C(=O)N[C@H](C(=O)N[C@H](C(=O)N[C@@H](CCCN=C(N)N)C(=O)N[C@@H](CCC(N)=O)C(=O)N[C@@H](CCCN=C(N)N)C(=O)N[C@@H](Cc1ccc(O)cc1)C(N)=O)[C@@H](C)O)C(C)C.CC[C@H](C)[C@H](N)C(=O)N[C@@H](CCCCN)C(=O)NCCc1c[nH]c2ccc(OCC(=O)N[C@@H](CCCN=C(N)N)C(=O)N[C@@H](Cc3cnc[nH]3)C(=O)N[C@@H](Cc3ccc(O)cc3)C(=O)NC)cc12. The predicted octanol–water partition coefficient (Wildman–Crippen LogP) is -5.33. The van der Waals surface area contributed by atoms with Gasteiger partial charge in [-0.05, 0) is 180 Å². The number of phenolic OH excluding ortho intramolecular Hbond substituents is 2. The molecule has 52 heteroatoms. The van der Waals surface area contributed by atoms with E-state index in [9.17, 15) is 96.8 Å². The summed E-state index contributed by atoms with van der Waals surface area (Å²) in [4.78, 5) is 250. The minimum atomic E-state index is -1.81. The molecule has 0 saturated carbocycles. The van der Waals surface area contributed by atoms with Gasteiger partial charge in [-0.3, -0.25) is 96.5 Å². The molecule has 16 atom stereocenters. The largest absolute Gasteiger partial charge is 0.508 e. The van der Waals surface area contributed by atoms with E-state index in [-0.39, 0.29) is 149 Å². The molecule has 830 valence electrons. The number of phenols is 2. The molecule has 3 aromatic carbocycles. The van der Waals surface area contributed by atoms with Gasteiger partial charge in [0.25, 0.3) is 5.91 Å². The number of benzene rings is 3. The molecular weight excluding hydrogens is 1950 g/mol. The molecule has 0 spiro atoms. The van der Waals surface area contributed by atoms with Gasteiger partial charge in [-0.1, -0.05) is 93.0 Å². The van der Waals surface area contributed by atoms with E-state index in [0.29, 0.717) is 61.2 Å². The third-order valence-corrected chi connectivity index (χ3v) is 23.9. The molecule has 150 heavy (non-hydrogen) atoms. The Kier molecular flexibility index (Phi) is 55.7. The summed E-state index contributed by atoms with van der Waals surface area (Å²) >= 11 is 0. The van der Waals surface area contributed by atoms with Crippen LogP contribution in [0.2, 0.25) is 0 Å². The summed E-state index contributed by atoms with van der Waals surface area (Å²) in [6, 6.07) is 0.268. The molecule has 0 bridgehead atoms. The van der Waals surface area contributed by atoms with Crippen molar-refractivity contribution in [3.8, 4) is 17.2 Å². The molecule has 0 aliphatic rings. The van der Waals surface area contributed by atoms with E-state index < -0.39 is 211 Å². The number of nitrogens with one attached hydrogen (secondary N) is 16. The highest BCUT2D eigenvalue weighted by atomic mass is 16.5. The average Bonchev–Trinajstić information content (AvgIpc) is 1.64. The van der Waals surface area contributed by atoms with Crippen LogP contribution in [-0.2, 0) is 107 Å². The van der Waals surface area contributed by atoms with Crippen molar-refractivity contribution < 1.29 is 102 Å². The number of ether oxygens (including phenoxy) is 1. The molecule has 0 unspecified atom stereocenters. The lowest BCUT2D eigenvalue weighted by molar-refractivity contribution is -0.138. The van der Waals surface area contributed by atoms with E-state index in [1.165, 1.54) is 56.0 Å². The number of fused-ring (bicyclic) bond motifs is 1. The van der Waals surface area contributed by atoms with E-state index in [2.05, 4.69) is 104 Å². The molecule has 0 fully saturated rings. The minimum Gasteiger partial charge on any atom is -0.508 e. The number of nitrogens with two attached hydrogens (primary N) is 11. The van der Waals surface area contributed by atoms with Gasteiger partial charge in [0, 0.05) is 93.8 Å². The van der Waals surface area contributed by atoms with E-state index in [1.54, 1.807) is 65.0 Å². The summed E-state index contributed by atoms with van der Waals surface area (Å²) < 4.78 is 5.89. The fourth-order valence-corrected chi connectivity index (χ4v) is 15.4. The molecule has 2 aromatic heterocycles. The standard InChI is InChI=1S/C52H89N17O13.C46H68N14O8/c1-25(2)21-28(7)43(75)66-37(24-39(54)73)47(79)67-36(22-26(3)4)48(80)68-40(27(5)6)49(81)69-41(29(8)70)50(82)64-33(12-10-20-61-52(58)59)44(76)63-34(17-18-38(53)72)46(78)62-32(11-9-19-60-51(56)57)45(77)65-35(42(55)74)23-30-13-15-31(71)16-14-30;1-4-27(2)40(48)45(67)58-35(8-5-6-17-47)42(64)53-19-16-29-23-55-34-15-14-32(22-33(29)34)68-25-39(62)57-36(9-7-18-54-46(49)50)43(65)60-38(21-30-24-52-26-56-30)44(66)59-37(41(63)51-3)20-28-10-12-31(61)13-11-28/h13-16,25-29,32-37,40-41,70-71H,9-12,17-24H2,1-8H3,(H2,53,72)(H2,54,73)(H2,55,74)(H,62,78)(H,63,76)(H,64,82)(H,65,77)(H,66,75)(H,67,79)(H,68,80)(H,69,81)(H4,56,57,60)(H4,58,59,61);10-15,22-24,26-27,35-38,40,55,61H,4-9,16-21,25,47-48H2,1-3H3,(H,51,63)(H,52,56)(H,53,64)(H,57,62)(H,58,67)(H,59,66)(H,60,65)(H4,49,50,54)/t28-,29+,32-,33-,34-,35-,36-,37-,40-,41-;27-,35-,36-,37-,38-,40-/m00/s1. The molecule has 17 amide bonds. The summed E-state index contributed by atoms with van der Waals surface area (Å²) in [5.74, 6) is -14.9. The molecule has 41 N–H and O–H groups in total. The van der Waals surface area contributed by atoms with Crippen LogP contribution < -0.4 is 142 Å². The first kappa shape index (κ1) is 127. The van der Waals surface area contributed by atoms with E-state index in [1.807, 2.05) is 33.9 Å². The number of carbonyl (C=O) groups excluding carboxylic acids is 17. The van der Waals surface area contributed by atoms with Crippen LogP contribution in [0.5, 0.6) is 17.2 Å². The number of unbranched alkanes of at least 4 members (excludes halogenated alkanes) is 1. The van der Waals surface area contributed by atoms with E-state index in [4.69, 9.17) is 67.8 Å². The average molecular weight is 2110 g/mol. The first-order valence-electron chi connectivity index (χ1n) is 49.9. The Labute approximate surface area is 871 Å². The molecule has 5 aromatic rings. The van der Waals surface area contributed by atoms with Crippen LogP contribution in [0.4, 0.5) is 0 Å². The Hall–Kier alpha value is -15.5. The Morgan fingerprint density at radius 2 is 0.887 bits per heavy atom. The molecular formula is C98H157N31O21. The first-order chi connectivity index (χ1) is 70.8. The molecule has 5 rings (SSSR count). The summed E-state index contributed by atoms with van der Waals surface area (Å²) in [7, 11) is 1.43. The summed E-state index contributed by atoms with van der Waals surface area (Å²) in [5.41, 5.74) is 64.6. The third-order valence-electron chi connectivity index (χ3n) is 23.9. The van der Waals surface area contributed by atoms with E-state index >= 15 is 0 Å². The maximum absolute atomic E-state index is 14.3. The number of primary amides is 3. The highest BCUT2D eigenvalue weighted by molar-refractivity contribution is 6.01. The van der Waals surface area contributed by atoms with Gasteiger partial charge in [-0.15, -0.1) is 0 Å². The van der Waals surface area contributed by atoms with Crippen molar-refractivity contribution in [3.63, 3.8) is 0 Å². The number of carbonyl (C=O) groups is 17. The lowest BCUT2D eigenvalue weighted by Crippen LogP contribution is -2.62. The highest BCUT2D eigenvalue weighted by Gasteiger charge is 2.40. The maximum Gasteiger partial charge on any atom is 0.258 e. The fourth-order valence-electron chi connectivity index (χ4n) is 15.4. The topological polar surface area (TPSA) is 896 Å². The third kappa shape index (κ3) is 47.5. The number of imidazole rings is 1. The monoisotopic (exact) mass is 2100 g/mol. The normalized spacial score (nSPS) is 14.3. The van der Waals surface area contributed by atoms with Crippen molar-refractivity contribution in [2.75, 3.05) is 46.4 Å². The van der Waals surface area contributed by atoms with Crippen molar-refractivity contribution in [1.29, 1.82) is 0 Å². The van der Waals surface area contributed by atoms with Crippen LogP contribution in [0.15, 0.2) is 100 Å². The number of nitrogens with zero attached hydrogens (tertiary/aromatic N) is 4. The van der Waals surface area contributed by atoms with Crippen LogP contribution in [-0.4, -0.2) is 280 Å². The van der Waals surface area contributed by atoms with Crippen LogP contribution in [0.25, 0.3) is 10.9 Å². The number of rotatable bonds is 67.